The Bertz CT molecular complexity index is 771. The van der Waals surface area contributed by atoms with Crippen LogP contribution in [-0.4, -0.2) is 37.9 Å². The zero-order valence-corrected chi connectivity index (χ0v) is 9.54. The van der Waals surface area contributed by atoms with Gasteiger partial charge in [-0.2, -0.15) is 5.26 Å². The number of benzene rings is 1. The summed E-state index contributed by atoms with van der Waals surface area (Å²) in [5.41, 5.74) is -0.332. The van der Waals surface area contributed by atoms with Crippen molar-refractivity contribution < 1.29 is 15.1 Å². The fourth-order valence-electron chi connectivity index (χ4n) is 1.12. The molecule has 0 saturated carbocycles. The molecule has 16 heavy (non-hydrogen) atoms. The number of hydrogen-bond acceptors (Lipinski definition) is 3. The lowest BCUT2D eigenvalue weighted by atomic mass is 10.2. The van der Waals surface area contributed by atoms with E-state index >= 15 is 0 Å². The lowest BCUT2D eigenvalue weighted by Gasteiger charge is -2.34. The molecule has 0 radical (unpaired) electrons. The van der Waals surface area contributed by atoms with Crippen LogP contribution in [-0.2, 0) is 0 Å². The molecule has 4 heteroatoms. The average molecular weight is 291 g/mol. The summed E-state index contributed by atoms with van der Waals surface area (Å²) in [5.74, 6) is 0. The van der Waals surface area contributed by atoms with Crippen molar-refractivity contribution in [3.63, 3.8) is 0 Å². The van der Waals surface area contributed by atoms with Crippen molar-refractivity contribution in [2.45, 2.75) is 0 Å². The van der Waals surface area contributed by atoms with Gasteiger partial charge in [-0.1, -0.05) is 0 Å². The number of nitrogens with zero attached hydrogens (tertiary/aromatic N) is 3. The maximum absolute atomic E-state index is 9.14. The van der Waals surface area contributed by atoms with Gasteiger partial charge >= 0.3 is 0 Å². The highest BCUT2D eigenvalue weighted by Gasteiger charge is 2.14. The minimum Gasteiger partial charge on any atom is -0.369 e. The standard InChI is InChI=1S/C12H14BrN3/c1-15-4-6-16(7-5-15)11-2-3-12(13)10(8-11)9-14/h2-3,8H,4-7H2,1H3/i1D3,4D2,5D2,6D2,7D2. The van der Waals surface area contributed by atoms with Crippen LogP contribution in [0.4, 0.5) is 5.69 Å². The van der Waals surface area contributed by atoms with Gasteiger partial charge in [-0.25, -0.2) is 0 Å². The molecule has 1 fully saturated rings. The first-order chi connectivity index (χ1) is 11.9. The molecule has 1 saturated heterocycles. The number of nitriles is 1. The minimum atomic E-state index is -3.46. The molecule has 0 spiro atoms. The molecule has 1 heterocycles. The van der Waals surface area contributed by atoms with E-state index in [1.54, 1.807) is 6.07 Å². The van der Waals surface area contributed by atoms with Crippen LogP contribution in [0, 0.1) is 11.3 Å². The highest BCUT2D eigenvalue weighted by molar-refractivity contribution is 9.10. The third kappa shape index (κ3) is 2.37. The van der Waals surface area contributed by atoms with Crippen molar-refractivity contribution in [2.24, 2.45) is 0 Å². The second kappa shape index (κ2) is 4.86. The molecule has 1 aliphatic rings. The summed E-state index contributed by atoms with van der Waals surface area (Å²) in [6.45, 7) is -17.0. The zero-order chi connectivity index (χ0) is 21.2. The van der Waals surface area contributed by atoms with Crippen molar-refractivity contribution >= 4 is 21.6 Å². The van der Waals surface area contributed by atoms with Crippen molar-refractivity contribution in [3.05, 3.63) is 28.2 Å². The number of anilines is 1. The Balaban J connectivity index is 2.83. The van der Waals surface area contributed by atoms with E-state index in [1.807, 2.05) is 0 Å². The molecule has 1 aromatic carbocycles. The molecule has 2 rings (SSSR count). The average Bonchev–Trinajstić information content (AvgIpc) is 2.45. The summed E-state index contributed by atoms with van der Waals surface area (Å²) in [6, 6.07) is 5.35. The zero-order valence-electron chi connectivity index (χ0n) is 19.0. The molecule has 0 aromatic heterocycles. The van der Waals surface area contributed by atoms with Crippen molar-refractivity contribution in [3.8, 4) is 6.07 Å². The predicted molar refractivity (Wildman–Crippen MR) is 68.6 cm³/mol. The molecule has 0 N–H and O–H groups in total. The molecule has 0 amide bonds. The molecule has 3 nitrogen and oxygen atoms in total. The van der Waals surface area contributed by atoms with Gasteiger partial charge in [0.2, 0.25) is 0 Å². The first kappa shape index (κ1) is 4.01. The van der Waals surface area contributed by atoms with Crippen molar-refractivity contribution in [2.75, 3.05) is 37.9 Å². The Kier molecular flexibility index (Phi) is 1.22. The molecule has 1 aromatic rings. The van der Waals surface area contributed by atoms with E-state index in [-0.39, 0.29) is 16.2 Å². The summed E-state index contributed by atoms with van der Waals surface area (Å²) in [5, 5.41) is 9.14. The topological polar surface area (TPSA) is 30.3 Å². The smallest absolute Gasteiger partial charge is 0.100 e. The van der Waals surface area contributed by atoms with E-state index in [9.17, 15) is 0 Å². The largest absolute Gasteiger partial charge is 0.369 e. The third-order valence-corrected chi connectivity index (χ3v) is 2.57. The minimum absolute atomic E-state index is 0.0153. The van der Waals surface area contributed by atoms with Crippen LogP contribution in [0.5, 0.6) is 0 Å². The lowest BCUT2D eigenvalue weighted by Crippen LogP contribution is -2.44. The number of piperazine rings is 1. The van der Waals surface area contributed by atoms with E-state index in [2.05, 4.69) is 15.9 Å². The number of rotatable bonds is 1. The first-order valence-electron chi connectivity index (χ1n) is 9.74. The van der Waals surface area contributed by atoms with Crippen LogP contribution >= 0.6 is 15.9 Å². The van der Waals surface area contributed by atoms with E-state index in [0.29, 0.717) is 4.47 Å². The molecule has 0 aliphatic carbocycles. The van der Waals surface area contributed by atoms with E-state index in [0.717, 1.165) is 6.07 Å². The summed E-state index contributed by atoms with van der Waals surface area (Å²) in [6.07, 6.45) is 0. The van der Waals surface area contributed by atoms with E-state index in [1.165, 1.54) is 12.1 Å². The van der Waals surface area contributed by atoms with Gasteiger partial charge in [0.25, 0.3) is 0 Å². The van der Waals surface area contributed by atoms with Crippen LogP contribution in [0.1, 0.15) is 20.6 Å². The Labute approximate surface area is 120 Å². The predicted octanol–water partition coefficient (Wildman–Crippen LogP) is 2.07. The van der Waals surface area contributed by atoms with Gasteiger partial charge in [0.05, 0.1) is 11.0 Å². The van der Waals surface area contributed by atoms with Gasteiger partial charge in [0.1, 0.15) is 6.07 Å². The van der Waals surface area contributed by atoms with Gasteiger partial charge in [-0.15, -0.1) is 0 Å². The summed E-state index contributed by atoms with van der Waals surface area (Å²) >= 11 is 3.09. The van der Waals surface area contributed by atoms with Crippen LogP contribution < -0.4 is 4.90 Å². The summed E-state index contributed by atoms with van der Waals surface area (Å²) in [4.78, 5) is -0.191. The van der Waals surface area contributed by atoms with Gasteiger partial charge < -0.3 is 9.80 Å². The lowest BCUT2D eigenvalue weighted by molar-refractivity contribution is 0.313. The van der Waals surface area contributed by atoms with Crippen molar-refractivity contribution in [1.82, 2.24) is 4.90 Å². The number of halogens is 1. The first-order valence-corrected chi connectivity index (χ1v) is 5.04. The van der Waals surface area contributed by atoms with Gasteiger partial charge in [0.15, 0.2) is 0 Å². The second-order valence-corrected chi connectivity index (χ2v) is 3.75. The molecule has 0 bridgehead atoms. The Hall–Kier alpha value is -1.05. The Morgan fingerprint density at radius 2 is 2.19 bits per heavy atom. The quantitative estimate of drug-likeness (QED) is 0.793. The van der Waals surface area contributed by atoms with Gasteiger partial charge in [-0.3, -0.25) is 0 Å². The van der Waals surface area contributed by atoms with Gasteiger partial charge in [-0.05, 0) is 41.1 Å². The summed E-state index contributed by atoms with van der Waals surface area (Å²) < 4.78 is 87.4. The SMILES string of the molecule is [2H]C([2H])([2H])N1C([2H])([2H])C([2H])([2H])N(c2ccc(Br)c(C#N)c2)C([2H])([2H])C1([2H])[2H]. The normalized spacial score (nSPS) is 40.8. The number of likely N-dealkylation sites (N-methyl/N-ethyl adjacent to an activating group) is 1. The van der Waals surface area contributed by atoms with E-state index in [4.69, 9.17) is 20.3 Å². The van der Waals surface area contributed by atoms with E-state index < -0.39 is 37.9 Å². The van der Waals surface area contributed by atoms with Gasteiger partial charge in [0, 0.05) is 45.7 Å². The molecule has 0 unspecified atom stereocenters. The summed E-state index contributed by atoms with van der Waals surface area (Å²) in [7, 11) is 0. The molecular formula is C12H14BrN3. The monoisotopic (exact) mass is 290 g/mol. The fourth-order valence-corrected chi connectivity index (χ4v) is 1.46. The third-order valence-electron chi connectivity index (χ3n) is 1.88. The van der Waals surface area contributed by atoms with Crippen LogP contribution in [0.25, 0.3) is 0 Å². The maximum Gasteiger partial charge on any atom is 0.100 e. The Morgan fingerprint density at radius 3 is 2.81 bits per heavy atom. The van der Waals surface area contributed by atoms with Crippen LogP contribution in [0.3, 0.4) is 0 Å². The molecule has 1 aliphatic heterocycles. The highest BCUT2D eigenvalue weighted by Crippen LogP contribution is 2.23. The maximum atomic E-state index is 9.14. The molecule has 84 valence electrons. The Morgan fingerprint density at radius 1 is 1.44 bits per heavy atom. The fraction of sp³-hybridized carbons (Fsp3) is 0.417. The molecule has 0 atom stereocenters. The van der Waals surface area contributed by atoms with Crippen LogP contribution in [0.2, 0.25) is 0 Å². The van der Waals surface area contributed by atoms with Crippen LogP contribution in [0.15, 0.2) is 22.7 Å². The second-order valence-electron chi connectivity index (χ2n) is 2.89. The van der Waals surface area contributed by atoms with Crippen molar-refractivity contribution in [1.29, 1.82) is 5.26 Å². The highest BCUT2D eigenvalue weighted by atomic mass is 79.9. The number of hydrogen-bond donors (Lipinski definition) is 0. The molecular weight excluding hydrogens is 266 g/mol.